The first-order chi connectivity index (χ1) is 9.34. The van der Waals surface area contributed by atoms with E-state index in [1.54, 1.807) is 0 Å². The average Bonchev–Trinajstić information content (AvgIpc) is 2.49. The van der Waals surface area contributed by atoms with Crippen LogP contribution in [0.5, 0.6) is 0 Å². The van der Waals surface area contributed by atoms with Crippen molar-refractivity contribution in [2.45, 2.75) is 12.1 Å². The van der Waals surface area contributed by atoms with Gasteiger partial charge in [0, 0.05) is 23.7 Å². The molecule has 0 fully saturated rings. The number of rotatable bonds is 2. The van der Waals surface area contributed by atoms with E-state index < -0.39 is 7.55 Å². The van der Waals surface area contributed by atoms with E-state index in [1.165, 1.54) is 16.8 Å². The van der Waals surface area contributed by atoms with Crippen LogP contribution >= 0.6 is 7.55 Å². The topological polar surface area (TPSA) is 12.4 Å². The van der Waals surface area contributed by atoms with Crippen molar-refractivity contribution < 1.29 is 0 Å². The van der Waals surface area contributed by atoms with Crippen LogP contribution in [-0.2, 0) is 0 Å². The van der Waals surface area contributed by atoms with Gasteiger partial charge in [0.1, 0.15) is 0 Å². The van der Waals surface area contributed by atoms with Crippen molar-refractivity contribution in [1.82, 2.24) is 0 Å². The first-order valence-corrected chi connectivity index (χ1v) is 8.84. The van der Waals surface area contributed by atoms with Gasteiger partial charge >= 0.3 is 0 Å². The highest BCUT2D eigenvalue weighted by atomic mass is 31.1. The number of hydrogen-bond acceptors (Lipinski definition) is 1. The van der Waals surface area contributed by atoms with Crippen LogP contribution in [0.25, 0.3) is 0 Å². The quantitative estimate of drug-likeness (QED) is 0.722. The maximum Gasteiger partial charge on any atom is 0.0485 e. The highest BCUT2D eigenvalue weighted by Gasteiger charge is 2.19. The van der Waals surface area contributed by atoms with Gasteiger partial charge in [-0.05, 0) is 17.8 Å². The Morgan fingerprint density at radius 3 is 2.26 bits per heavy atom. The molecule has 1 heterocycles. The monoisotopic (exact) mass is 267 g/mol. The summed E-state index contributed by atoms with van der Waals surface area (Å²) in [6, 6.07) is 21.4. The normalized spacial score (nSPS) is 22.5. The van der Waals surface area contributed by atoms with Gasteiger partial charge in [-0.1, -0.05) is 68.2 Å². The molecule has 0 N–H and O–H groups in total. The summed E-state index contributed by atoms with van der Waals surface area (Å²) in [5, 5.41) is 0. The molecule has 2 aromatic rings. The van der Waals surface area contributed by atoms with Crippen LogP contribution in [-0.4, -0.2) is 18.3 Å². The van der Waals surface area contributed by atoms with Crippen molar-refractivity contribution in [3.05, 3.63) is 71.8 Å². The Bertz CT molecular complexity index is 614. The Balaban J connectivity index is 1.92. The Morgan fingerprint density at radius 2 is 1.58 bits per heavy atom. The van der Waals surface area contributed by atoms with Gasteiger partial charge in [-0.15, -0.1) is 0 Å². The summed E-state index contributed by atoms with van der Waals surface area (Å²) in [5.41, 5.74) is 4.58. The molecule has 3 rings (SSSR count). The number of aliphatic imine (C=N–C) groups is 1. The lowest BCUT2D eigenvalue weighted by Gasteiger charge is -2.23. The minimum atomic E-state index is -0.536. The molecule has 2 atom stereocenters. The fourth-order valence-corrected chi connectivity index (χ4v) is 4.34. The van der Waals surface area contributed by atoms with Crippen LogP contribution in [0.2, 0.25) is 0 Å². The van der Waals surface area contributed by atoms with Crippen LogP contribution in [0.15, 0.2) is 65.7 Å². The molecule has 2 aromatic carbocycles. The summed E-state index contributed by atoms with van der Waals surface area (Å²) in [4.78, 5) is 4.69. The van der Waals surface area contributed by atoms with Crippen LogP contribution < -0.4 is 0 Å². The summed E-state index contributed by atoms with van der Waals surface area (Å²) in [7, 11) is -0.536. The summed E-state index contributed by atoms with van der Waals surface area (Å²) >= 11 is 0. The molecule has 0 radical (unpaired) electrons. The zero-order valence-corrected chi connectivity index (χ0v) is 12.1. The van der Waals surface area contributed by atoms with Gasteiger partial charge in [0.25, 0.3) is 0 Å². The molecule has 0 aromatic heterocycles. The van der Waals surface area contributed by atoms with Gasteiger partial charge in [0.15, 0.2) is 0 Å². The first-order valence-electron chi connectivity index (χ1n) is 6.68. The molecule has 1 aliphatic heterocycles. The SMILES string of the molecule is C[PH]1=CN=C(c2ccccc2)CC1c1ccccc1. The van der Waals surface area contributed by atoms with E-state index in [4.69, 9.17) is 4.99 Å². The molecule has 2 unspecified atom stereocenters. The van der Waals surface area contributed by atoms with E-state index in [0.717, 1.165) is 6.42 Å². The summed E-state index contributed by atoms with van der Waals surface area (Å²) in [5.74, 6) is 2.20. The van der Waals surface area contributed by atoms with E-state index in [9.17, 15) is 0 Å². The molecule has 96 valence electrons. The third-order valence-corrected chi connectivity index (χ3v) is 5.85. The summed E-state index contributed by atoms with van der Waals surface area (Å²) < 4.78 is 0. The van der Waals surface area contributed by atoms with Crippen molar-refractivity contribution in [3.63, 3.8) is 0 Å². The van der Waals surface area contributed by atoms with Gasteiger partial charge in [-0.2, -0.15) is 0 Å². The highest BCUT2D eigenvalue weighted by molar-refractivity contribution is 7.57. The second-order valence-electron chi connectivity index (χ2n) is 4.98. The van der Waals surface area contributed by atoms with Gasteiger partial charge in [0.05, 0.1) is 0 Å². The van der Waals surface area contributed by atoms with Gasteiger partial charge in [-0.3, -0.25) is 4.99 Å². The largest absolute Gasteiger partial charge is 0.261 e. The first kappa shape index (κ1) is 12.4. The van der Waals surface area contributed by atoms with Gasteiger partial charge < -0.3 is 0 Å². The molecule has 1 nitrogen and oxygen atoms in total. The Hall–Kier alpha value is -1.59. The van der Waals surface area contributed by atoms with Gasteiger partial charge in [-0.25, -0.2) is 0 Å². The lowest BCUT2D eigenvalue weighted by molar-refractivity contribution is 0.993. The zero-order chi connectivity index (χ0) is 13.1. The molecule has 19 heavy (non-hydrogen) atoms. The fraction of sp³-hybridized carbons (Fsp3) is 0.176. The van der Waals surface area contributed by atoms with E-state index in [2.05, 4.69) is 73.2 Å². The van der Waals surface area contributed by atoms with Gasteiger partial charge in [0.2, 0.25) is 0 Å². The average molecular weight is 267 g/mol. The van der Waals surface area contributed by atoms with Crippen molar-refractivity contribution in [3.8, 4) is 0 Å². The molecular formula is C17H18NP. The maximum atomic E-state index is 4.69. The molecule has 0 saturated carbocycles. The molecule has 0 amide bonds. The van der Waals surface area contributed by atoms with Crippen molar-refractivity contribution >= 4 is 19.2 Å². The molecular weight excluding hydrogens is 249 g/mol. The fourth-order valence-electron chi connectivity index (χ4n) is 2.57. The molecule has 0 spiro atoms. The van der Waals surface area contributed by atoms with E-state index in [0.29, 0.717) is 5.66 Å². The third kappa shape index (κ3) is 2.72. The minimum absolute atomic E-state index is 0.536. The Morgan fingerprint density at radius 1 is 0.947 bits per heavy atom. The molecule has 0 bridgehead atoms. The third-order valence-electron chi connectivity index (χ3n) is 3.68. The standard InChI is InChI=1S/C17H18NP/c1-19-13-18-16(14-8-4-2-5-9-14)12-17(19)15-10-6-3-7-11-15/h2-11,13,17,19H,12H2,1H3. The maximum absolute atomic E-state index is 4.69. The molecule has 0 saturated heterocycles. The zero-order valence-electron chi connectivity index (χ0n) is 11.1. The smallest absolute Gasteiger partial charge is 0.0485 e. The van der Waals surface area contributed by atoms with Crippen molar-refractivity contribution in [2.75, 3.05) is 6.66 Å². The predicted octanol–water partition coefficient (Wildman–Crippen LogP) is 4.22. The summed E-state index contributed by atoms with van der Waals surface area (Å²) in [6.07, 6.45) is 1.06. The summed E-state index contributed by atoms with van der Waals surface area (Å²) in [6.45, 7) is 2.35. The van der Waals surface area contributed by atoms with E-state index in [-0.39, 0.29) is 0 Å². The number of nitrogens with zero attached hydrogens (tertiary/aromatic N) is 1. The Kier molecular flexibility index (Phi) is 3.66. The lowest BCUT2D eigenvalue weighted by atomic mass is 10.0. The molecule has 2 heteroatoms. The number of hydrogen-bond donors (Lipinski definition) is 0. The van der Waals surface area contributed by atoms with Crippen molar-refractivity contribution in [1.29, 1.82) is 0 Å². The highest BCUT2D eigenvalue weighted by Crippen LogP contribution is 2.44. The van der Waals surface area contributed by atoms with Crippen LogP contribution in [0.4, 0.5) is 0 Å². The molecule has 0 aliphatic carbocycles. The predicted molar refractivity (Wildman–Crippen MR) is 87.1 cm³/mol. The molecule has 1 aliphatic rings. The number of benzene rings is 2. The van der Waals surface area contributed by atoms with E-state index >= 15 is 0 Å². The minimum Gasteiger partial charge on any atom is -0.261 e. The van der Waals surface area contributed by atoms with Crippen LogP contribution in [0.1, 0.15) is 23.2 Å². The van der Waals surface area contributed by atoms with E-state index in [1.807, 2.05) is 0 Å². The van der Waals surface area contributed by atoms with Crippen LogP contribution in [0, 0.1) is 0 Å². The van der Waals surface area contributed by atoms with Crippen LogP contribution in [0.3, 0.4) is 0 Å². The van der Waals surface area contributed by atoms with Crippen molar-refractivity contribution in [2.24, 2.45) is 4.99 Å². The Labute approximate surface area is 115 Å². The second-order valence-corrected chi connectivity index (χ2v) is 7.43. The second kappa shape index (κ2) is 5.59. The lowest BCUT2D eigenvalue weighted by Crippen LogP contribution is -2.10.